The predicted octanol–water partition coefficient (Wildman–Crippen LogP) is 5.53. The van der Waals surface area contributed by atoms with Gasteiger partial charge in [-0.25, -0.2) is 9.98 Å². The summed E-state index contributed by atoms with van der Waals surface area (Å²) in [5, 5.41) is 1.44. The number of rotatable bonds is 7. The standard InChI is InChI=1S/C21H28N4OS/c1-5-25(4)14-23-18-12-16(3)19(13-15(18)2)26-20-10-11-22-21(24-20)27-17-8-6-7-9-17/h10-14,17H,5-9H2,1-4H3. The van der Waals surface area contributed by atoms with Crippen LogP contribution in [0.2, 0.25) is 0 Å². The molecule has 1 aromatic carbocycles. The monoisotopic (exact) mass is 384 g/mol. The Hall–Kier alpha value is -2.08. The quantitative estimate of drug-likeness (QED) is 0.357. The van der Waals surface area contributed by atoms with E-state index in [1.54, 1.807) is 18.0 Å². The molecular formula is C21H28N4OS. The third-order valence-corrected chi connectivity index (χ3v) is 6.00. The first-order valence-electron chi connectivity index (χ1n) is 9.58. The number of aryl methyl sites for hydroxylation is 2. The molecule has 1 aromatic heterocycles. The Morgan fingerprint density at radius 1 is 1.26 bits per heavy atom. The Bertz CT molecular complexity index is 803. The van der Waals surface area contributed by atoms with Gasteiger partial charge in [-0.1, -0.05) is 24.6 Å². The van der Waals surface area contributed by atoms with Crippen molar-refractivity contribution >= 4 is 23.8 Å². The molecule has 144 valence electrons. The Kier molecular flexibility index (Phi) is 6.72. The lowest BCUT2D eigenvalue weighted by Gasteiger charge is -2.13. The fourth-order valence-corrected chi connectivity index (χ4v) is 4.10. The highest BCUT2D eigenvalue weighted by Crippen LogP contribution is 2.34. The molecular weight excluding hydrogens is 356 g/mol. The van der Waals surface area contributed by atoms with Crippen molar-refractivity contribution in [3.8, 4) is 11.6 Å². The van der Waals surface area contributed by atoms with Crippen LogP contribution in [-0.4, -0.2) is 40.0 Å². The lowest BCUT2D eigenvalue weighted by atomic mass is 10.1. The highest BCUT2D eigenvalue weighted by molar-refractivity contribution is 7.99. The van der Waals surface area contributed by atoms with Crippen LogP contribution in [0.5, 0.6) is 11.6 Å². The Morgan fingerprint density at radius 3 is 2.78 bits per heavy atom. The molecule has 0 spiro atoms. The maximum absolute atomic E-state index is 6.07. The number of aliphatic imine (C=N–C) groups is 1. The molecule has 1 heterocycles. The molecule has 5 nitrogen and oxygen atoms in total. The van der Waals surface area contributed by atoms with Gasteiger partial charge in [-0.15, -0.1) is 0 Å². The number of thioether (sulfide) groups is 1. The van der Waals surface area contributed by atoms with E-state index >= 15 is 0 Å². The summed E-state index contributed by atoms with van der Waals surface area (Å²) in [5.74, 6) is 1.40. The van der Waals surface area contributed by atoms with E-state index in [0.717, 1.165) is 34.3 Å². The summed E-state index contributed by atoms with van der Waals surface area (Å²) in [6.45, 7) is 7.11. The highest BCUT2D eigenvalue weighted by Gasteiger charge is 2.18. The van der Waals surface area contributed by atoms with Crippen molar-refractivity contribution in [1.82, 2.24) is 14.9 Å². The zero-order valence-electron chi connectivity index (χ0n) is 16.6. The lowest BCUT2D eigenvalue weighted by molar-refractivity contribution is 0.452. The van der Waals surface area contributed by atoms with Crippen LogP contribution in [0.15, 0.2) is 34.5 Å². The number of aromatic nitrogens is 2. The van der Waals surface area contributed by atoms with Crippen molar-refractivity contribution in [3.63, 3.8) is 0 Å². The number of hydrogen-bond acceptors (Lipinski definition) is 5. The molecule has 6 heteroatoms. The topological polar surface area (TPSA) is 50.6 Å². The van der Waals surface area contributed by atoms with Gasteiger partial charge in [-0.3, -0.25) is 0 Å². The molecule has 0 saturated heterocycles. The molecule has 0 N–H and O–H groups in total. The lowest BCUT2D eigenvalue weighted by Crippen LogP contribution is -2.14. The van der Waals surface area contributed by atoms with Crippen molar-refractivity contribution < 1.29 is 4.74 Å². The number of hydrogen-bond donors (Lipinski definition) is 0. The Balaban J connectivity index is 1.73. The molecule has 27 heavy (non-hydrogen) atoms. The molecule has 0 aliphatic heterocycles. The zero-order chi connectivity index (χ0) is 19.2. The van der Waals surface area contributed by atoms with Gasteiger partial charge >= 0.3 is 0 Å². The summed E-state index contributed by atoms with van der Waals surface area (Å²) >= 11 is 1.77. The van der Waals surface area contributed by atoms with Crippen LogP contribution in [0.3, 0.4) is 0 Å². The van der Waals surface area contributed by atoms with E-state index < -0.39 is 0 Å². The van der Waals surface area contributed by atoms with Crippen LogP contribution in [0.25, 0.3) is 0 Å². The molecule has 0 amide bonds. The minimum absolute atomic E-state index is 0.593. The van der Waals surface area contributed by atoms with Crippen molar-refractivity contribution in [2.45, 2.75) is 56.9 Å². The van der Waals surface area contributed by atoms with Gasteiger partial charge in [0.1, 0.15) is 5.75 Å². The molecule has 1 fully saturated rings. The Morgan fingerprint density at radius 2 is 2.04 bits per heavy atom. The SMILES string of the molecule is CCN(C)C=Nc1cc(C)c(Oc2ccnc(SC3CCCC3)n2)cc1C. The van der Waals surface area contributed by atoms with Crippen molar-refractivity contribution in [2.24, 2.45) is 4.99 Å². The predicted molar refractivity (Wildman–Crippen MR) is 113 cm³/mol. The summed E-state index contributed by atoms with van der Waals surface area (Å²) in [6.07, 6.45) is 8.78. The van der Waals surface area contributed by atoms with E-state index in [-0.39, 0.29) is 0 Å². The second-order valence-electron chi connectivity index (χ2n) is 7.03. The summed E-state index contributed by atoms with van der Waals surface area (Å²) < 4.78 is 6.07. The molecule has 0 atom stereocenters. The molecule has 1 aliphatic carbocycles. The Labute approximate surface area is 166 Å². The fourth-order valence-electron chi connectivity index (χ4n) is 2.97. The highest BCUT2D eigenvalue weighted by atomic mass is 32.2. The second kappa shape index (κ2) is 9.22. The molecule has 1 aliphatic rings. The van der Waals surface area contributed by atoms with Gasteiger partial charge in [0.15, 0.2) is 5.16 Å². The second-order valence-corrected chi connectivity index (χ2v) is 8.29. The third-order valence-electron chi connectivity index (χ3n) is 4.78. The van der Waals surface area contributed by atoms with Crippen LogP contribution < -0.4 is 4.74 Å². The average Bonchev–Trinajstić information content (AvgIpc) is 3.16. The van der Waals surface area contributed by atoms with E-state index in [0.29, 0.717) is 11.1 Å². The molecule has 1 saturated carbocycles. The van der Waals surface area contributed by atoms with Crippen LogP contribution in [0.4, 0.5) is 5.69 Å². The van der Waals surface area contributed by atoms with E-state index in [1.807, 2.05) is 44.3 Å². The van der Waals surface area contributed by atoms with Gasteiger partial charge in [0, 0.05) is 31.1 Å². The van der Waals surface area contributed by atoms with Gasteiger partial charge in [-0.05, 0) is 56.9 Å². The average molecular weight is 385 g/mol. The van der Waals surface area contributed by atoms with Crippen LogP contribution >= 0.6 is 11.8 Å². The molecule has 0 unspecified atom stereocenters. The van der Waals surface area contributed by atoms with Gasteiger partial charge in [0.25, 0.3) is 0 Å². The molecule has 0 radical (unpaired) electrons. The van der Waals surface area contributed by atoms with Crippen LogP contribution in [-0.2, 0) is 0 Å². The molecule has 2 aromatic rings. The van der Waals surface area contributed by atoms with Gasteiger partial charge in [0.05, 0.1) is 12.0 Å². The number of ether oxygens (including phenoxy) is 1. The first-order valence-corrected chi connectivity index (χ1v) is 10.5. The van der Waals surface area contributed by atoms with E-state index in [4.69, 9.17) is 4.74 Å². The van der Waals surface area contributed by atoms with Crippen LogP contribution in [0, 0.1) is 13.8 Å². The van der Waals surface area contributed by atoms with Crippen LogP contribution in [0.1, 0.15) is 43.7 Å². The van der Waals surface area contributed by atoms with Crippen molar-refractivity contribution in [2.75, 3.05) is 13.6 Å². The number of benzene rings is 1. The first-order chi connectivity index (χ1) is 13.0. The largest absolute Gasteiger partial charge is 0.439 e. The molecule has 0 bridgehead atoms. The van der Waals surface area contributed by atoms with E-state index in [9.17, 15) is 0 Å². The smallest absolute Gasteiger partial charge is 0.223 e. The maximum atomic E-state index is 6.07. The normalized spacial score (nSPS) is 14.8. The first kappa shape index (κ1) is 19.7. The fraction of sp³-hybridized carbons (Fsp3) is 0.476. The van der Waals surface area contributed by atoms with Crippen molar-refractivity contribution in [1.29, 1.82) is 0 Å². The minimum atomic E-state index is 0.593. The third kappa shape index (κ3) is 5.45. The van der Waals surface area contributed by atoms with Gasteiger partial charge in [-0.2, -0.15) is 4.98 Å². The zero-order valence-corrected chi connectivity index (χ0v) is 17.4. The summed E-state index contributed by atoms with van der Waals surface area (Å²) in [6, 6.07) is 5.90. The molecule has 3 rings (SSSR count). The summed E-state index contributed by atoms with van der Waals surface area (Å²) in [4.78, 5) is 15.6. The summed E-state index contributed by atoms with van der Waals surface area (Å²) in [7, 11) is 2.01. The van der Waals surface area contributed by atoms with E-state index in [2.05, 4.69) is 28.0 Å². The number of nitrogens with zero attached hydrogens (tertiary/aromatic N) is 4. The van der Waals surface area contributed by atoms with Gasteiger partial charge < -0.3 is 9.64 Å². The van der Waals surface area contributed by atoms with E-state index in [1.165, 1.54) is 25.7 Å². The maximum Gasteiger partial charge on any atom is 0.223 e. The summed E-state index contributed by atoms with van der Waals surface area (Å²) in [5.41, 5.74) is 3.07. The van der Waals surface area contributed by atoms with Crippen molar-refractivity contribution in [3.05, 3.63) is 35.5 Å². The minimum Gasteiger partial charge on any atom is -0.439 e. The van der Waals surface area contributed by atoms with Gasteiger partial charge in [0.2, 0.25) is 5.88 Å².